The van der Waals surface area contributed by atoms with Gasteiger partial charge in [0.05, 0.1) is 5.25 Å². The largest absolute Gasteiger partial charge is 0.305 e. The first-order valence-electron chi connectivity index (χ1n) is 4.07. The molecule has 0 radical (unpaired) electrons. The normalized spacial score (nSPS) is 27.2. The minimum absolute atomic E-state index is 0.129. The topological polar surface area (TPSA) is 34.1 Å². The van der Waals surface area contributed by atoms with Gasteiger partial charge in [-0.2, -0.15) is 8.42 Å². The zero-order chi connectivity index (χ0) is 9.47. The first-order valence-corrected chi connectivity index (χ1v) is 5.52. The SMILES string of the molecule is O=S(=O)(F)C1CC1c1ccccc1. The number of halogens is 1. The molecule has 2 unspecified atom stereocenters. The summed E-state index contributed by atoms with van der Waals surface area (Å²) in [6, 6.07) is 9.17. The van der Waals surface area contributed by atoms with Gasteiger partial charge in [-0.05, 0) is 12.0 Å². The van der Waals surface area contributed by atoms with Crippen molar-refractivity contribution in [2.75, 3.05) is 0 Å². The van der Waals surface area contributed by atoms with E-state index in [-0.39, 0.29) is 5.92 Å². The summed E-state index contributed by atoms with van der Waals surface area (Å²) in [5, 5.41) is -0.796. The number of hydrogen-bond donors (Lipinski definition) is 0. The predicted octanol–water partition coefficient (Wildman–Crippen LogP) is 1.84. The number of rotatable bonds is 2. The van der Waals surface area contributed by atoms with E-state index in [9.17, 15) is 12.3 Å². The van der Waals surface area contributed by atoms with Crippen LogP contribution in [0.4, 0.5) is 3.89 Å². The van der Waals surface area contributed by atoms with Gasteiger partial charge in [0.2, 0.25) is 0 Å². The zero-order valence-corrected chi connectivity index (χ0v) is 7.67. The van der Waals surface area contributed by atoms with Gasteiger partial charge in [-0.3, -0.25) is 0 Å². The summed E-state index contributed by atoms with van der Waals surface area (Å²) >= 11 is 0. The zero-order valence-electron chi connectivity index (χ0n) is 6.85. The van der Waals surface area contributed by atoms with Crippen molar-refractivity contribution in [3.8, 4) is 0 Å². The predicted molar refractivity (Wildman–Crippen MR) is 47.6 cm³/mol. The van der Waals surface area contributed by atoms with Crippen molar-refractivity contribution < 1.29 is 12.3 Å². The Morgan fingerprint density at radius 3 is 2.31 bits per heavy atom. The van der Waals surface area contributed by atoms with E-state index < -0.39 is 15.5 Å². The fraction of sp³-hybridized carbons (Fsp3) is 0.333. The van der Waals surface area contributed by atoms with Crippen LogP contribution in [0.1, 0.15) is 17.9 Å². The molecule has 0 saturated heterocycles. The quantitative estimate of drug-likeness (QED) is 0.683. The highest BCUT2D eigenvalue weighted by molar-refractivity contribution is 7.87. The lowest BCUT2D eigenvalue weighted by molar-refractivity contribution is 0.549. The second kappa shape index (κ2) is 2.80. The smallest absolute Gasteiger partial charge is 0.195 e. The van der Waals surface area contributed by atoms with E-state index in [0.29, 0.717) is 6.42 Å². The Morgan fingerprint density at radius 2 is 1.85 bits per heavy atom. The summed E-state index contributed by atoms with van der Waals surface area (Å²) in [6.07, 6.45) is 0.419. The summed E-state index contributed by atoms with van der Waals surface area (Å²) in [7, 11) is -4.33. The molecule has 1 aromatic carbocycles. The Bertz CT molecular complexity index is 399. The van der Waals surface area contributed by atoms with E-state index in [4.69, 9.17) is 0 Å². The van der Waals surface area contributed by atoms with Crippen LogP contribution in [0.25, 0.3) is 0 Å². The van der Waals surface area contributed by atoms with Crippen molar-refractivity contribution in [3.05, 3.63) is 35.9 Å². The van der Waals surface area contributed by atoms with Crippen molar-refractivity contribution in [3.63, 3.8) is 0 Å². The van der Waals surface area contributed by atoms with Gasteiger partial charge in [0.25, 0.3) is 0 Å². The molecule has 2 atom stereocenters. The minimum Gasteiger partial charge on any atom is -0.195 e. The molecule has 0 heterocycles. The summed E-state index contributed by atoms with van der Waals surface area (Å²) in [6.45, 7) is 0. The molecule has 0 N–H and O–H groups in total. The Hall–Kier alpha value is -0.900. The Balaban J connectivity index is 2.18. The lowest BCUT2D eigenvalue weighted by Crippen LogP contribution is -2.00. The summed E-state index contributed by atoms with van der Waals surface area (Å²) in [4.78, 5) is 0. The second-order valence-corrected chi connectivity index (χ2v) is 4.82. The third kappa shape index (κ3) is 1.72. The molecule has 0 bridgehead atoms. The third-order valence-electron chi connectivity index (χ3n) is 2.32. The molecule has 1 fully saturated rings. The van der Waals surface area contributed by atoms with Crippen LogP contribution in [0.3, 0.4) is 0 Å². The van der Waals surface area contributed by atoms with E-state index >= 15 is 0 Å². The van der Waals surface area contributed by atoms with Crippen LogP contribution < -0.4 is 0 Å². The van der Waals surface area contributed by atoms with E-state index in [1.165, 1.54) is 0 Å². The van der Waals surface area contributed by atoms with Crippen LogP contribution in [0.5, 0.6) is 0 Å². The van der Waals surface area contributed by atoms with Crippen LogP contribution >= 0.6 is 0 Å². The molecule has 2 rings (SSSR count). The Labute approximate surface area is 76.6 Å². The Morgan fingerprint density at radius 1 is 1.23 bits per heavy atom. The fourth-order valence-electron chi connectivity index (χ4n) is 1.53. The third-order valence-corrected chi connectivity index (χ3v) is 3.57. The number of benzene rings is 1. The van der Waals surface area contributed by atoms with Crippen molar-refractivity contribution in [1.82, 2.24) is 0 Å². The van der Waals surface area contributed by atoms with E-state index in [2.05, 4.69) is 0 Å². The standard InChI is InChI=1S/C9H9FO2S/c10-13(11,12)9-6-8(9)7-4-2-1-3-5-7/h1-5,8-9H,6H2. The lowest BCUT2D eigenvalue weighted by Gasteiger charge is -1.95. The molecular weight excluding hydrogens is 191 g/mol. The van der Waals surface area contributed by atoms with Gasteiger partial charge in [0, 0.05) is 5.92 Å². The van der Waals surface area contributed by atoms with Gasteiger partial charge in [-0.15, -0.1) is 3.89 Å². The van der Waals surface area contributed by atoms with Gasteiger partial charge >= 0.3 is 10.2 Å². The van der Waals surface area contributed by atoms with Crippen molar-refractivity contribution in [1.29, 1.82) is 0 Å². The summed E-state index contributed by atoms with van der Waals surface area (Å²) in [5.41, 5.74) is 0.911. The molecule has 0 spiro atoms. The highest BCUT2D eigenvalue weighted by atomic mass is 32.3. The van der Waals surface area contributed by atoms with Crippen molar-refractivity contribution in [2.45, 2.75) is 17.6 Å². The molecule has 1 aromatic rings. The van der Waals surface area contributed by atoms with E-state index in [0.717, 1.165) is 5.56 Å². The van der Waals surface area contributed by atoms with Crippen LogP contribution in [0, 0.1) is 0 Å². The van der Waals surface area contributed by atoms with Crippen LogP contribution in [-0.4, -0.2) is 13.7 Å². The molecule has 0 aliphatic heterocycles. The Kier molecular flexibility index (Phi) is 1.87. The van der Waals surface area contributed by atoms with E-state index in [1.807, 2.05) is 30.3 Å². The van der Waals surface area contributed by atoms with Gasteiger partial charge < -0.3 is 0 Å². The van der Waals surface area contributed by atoms with Crippen molar-refractivity contribution >= 4 is 10.2 Å². The maximum atomic E-state index is 12.5. The summed E-state index contributed by atoms with van der Waals surface area (Å²) < 4.78 is 33.5. The number of hydrogen-bond acceptors (Lipinski definition) is 2. The lowest BCUT2D eigenvalue weighted by atomic mass is 10.1. The average Bonchev–Trinajstić information content (AvgIpc) is 2.83. The monoisotopic (exact) mass is 200 g/mol. The molecule has 13 heavy (non-hydrogen) atoms. The highest BCUT2D eigenvalue weighted by Gasteiger charge is 2.48. The van der Waals surface area contributed by atoms with Crippen LogP contribution in [-0.2, 0) is 10.2 Å². The molecule has 1 aliphatic carbocycles. The molecule has 70 valence electrons. The van der Waals surface area contributed by atoms with Gasteiger partial charge in [0.15, 0.2) is 0 Å². The molecule has 1 aliphatic rings. The molecule has 4 heteroatoms. The van der Waals surface area contributed by atoms with E-state index in [1.54, 1.807) is 0 Å². The van der Waals surface area contributed by atoms with Gasteiger partial charge in [-0.25, -0.2) is 0 Å². The van der Waals surface area contributed by atoms with Crippen LogP contribution in [0.15, 0.2) is 30.3 Å². The second-order valence-electron chi connectivity index (χ2n) is 3.27. The molecule has 0 aromatic heterocycles. The minimum atomic E-state index is -4.33. The molecular formula is C9H9FO2S. The first kappa shape index (κ1) is 8.69. The average molecular weight is 200 g/mol. The van der Waals surface area contributed by atoms with Gasteiger partial charge in [0.1, 0.15) is 0 Å². The maximum absolute atomic E-state index is 12.5. The summed E-state index contributed by atoms with van der Waals surface area (Å²) in [5.74, 6) is -0.129. The van der Waals surface area contributed by atoms with Gasteiger partial charge in [-0.1, -0.05) is 30.3 Å². The molecule has 1 saturated carbocycles. The fourth-order valence-corrected chi connectivity index (χ4v) is 2.52. The van der Waals surface area contributed by atoms with Crippen molar-refractivity contribution in [2.24, 2.45) is 0 Å². The maximum Gasteiger partial charge on any atom is 0.305 e. The highest BCUT2D eigenvalue weighted by Crippen LogP contribution is 2.46. The van der Waals surface area contributed by atoms with Crippen LogP contribution in [0.2, 0.25) is 0 Å². The molecule has 0 amide bonds. The first-order chi connectivity index (χ1) is 6.09. The molecule has 2 nitrogen and oxygen atoms in total.